The third kappa shape index (κ3) is 6.07. The summed E-state index contributed by atoms with van der Waals surface area (Å²) in [5.41, 5.74) is 0. The summed E-state index contributed by atoms with van der Waals surface area (Å²) in [6.45, 7) is 2.78. The number of methoxy groups -OCH3 is 1. The third-order valence-corrected chi connectivity index (χ3v) is 3.39. The van der Waals surface area contributed by atoms with Crippen molar-refractivity contribution in [2.24, 2.45) is 0 Å². The molecule has 18 heavy (non-hydrogen) atoms. The Morgan fingerprint density at radius 3 is 2.89 bits per heavy atom. The molecule has 0 aliphatic carbocycles. The number of rotatable bonds is 9. The molecule has 0 saturated heterocycles. The Hall–Kier alpha value is -1.01. The minimum Gasteiger partial charge on any atom is -0.384 e. The lowest BCUT2D eigenvalue weighted by Gasteiger charge is -2.00. The Kier molecular flexibility index (Phi) is 7.52. The predicted octanol–water partition coefficient (Wildman–Crippen LogP) is 2.64. The summed E-state index contributed by atoms with van der Waals surface area (Å²) in [7, 11) is 1.65. The van der Waals surface area contributed by atoms with Gasteiger partial charge in [0, 0.05) is 20.0 Å². The average Bonchev–Trinajstić information content (AvgIpc) is 2.80. The molecule has 1 N–H and O–H groups in total. The van der Waals surface area contributed by atoms with Crippen molar-refractivity contribution in [1.82, 2.24) is 10.2 Å². The molecular weight excluding hydrogens is 250 g/mol. The molecule has 0 saturated carbocycles. The van der Waals surface area contributed by atoms with E-state index in [9.17, 15) is 4.79 Å². The third-order valence-electron chi connectivity index (χ3n) is 2.49. The van der Waals surface area contributed by atoms with E-state index in [0.29, 0.717) is 18.2 Å². The summed E-state index contributed by atoms with van der Waals surface area (Å²) < 4.78 is 4.96. The molecule has 1 rings (SSSR count). The largest absolute Gasteiger partial charge is 0.384 e. The molecule has 102 valence electrons. The number of carbonyl (C=O) groups excluding carboxylic acids is 1. The molecule has 0 spiro atoms. The number of hydrogen-bond donors (Lipinski definition) is 1. The summed E-state index contributed by atoms with van der Waals surface area (Å²) in [4.78, 5) is 11.6. The summed E-state index contributed by atoms with van der Waals surface area (Å²) in [5, 5.41) is 12.2. The van der Waals surface area contributed by atoms with Crippen LogP contribution in [0.15, 0.2) is 0 Å². The maximum absolute atomic E-state index is 11.6. The average molecular weight is 271 g/mol. The van der Waals surface area contributed by atoms with Gasteiger partial charge in [0.15, 0.2) is 0 Å². The molecule has 1 aromatic rings. The van der Waals surface area contributed by atoms with Crippen LogP contribution in [0.5, 0.6) is 0 Å². The number of ether oxygens (including phenoxy) is 1. The molecule has 1 heterocycles. The molecule has 0 atom stereocenters. The zero-order valence-corrected chi connectivity index (χ0v) is 11.9. The maximum Gasteiger partial charge on any atom is 0.226 e. The van der Waals surface area contributed by atoms with E-state index in [-0.39, 0.29) is 5.91 Å². The first kappa shape index (κ1) is 15.0. The SMILES string of the molecule is CCCCCCC(=O)Nc1nnc(CCOC)s1. The molecule has 6 heteroatoms. The van der Waals surface area contributed by atoms with Crippen molar-refractivity contribution >= 4 is 22.4 Å². The summed E-state index contributed by atoms with van der Waals surface area (Å²) in [5.74, 6) is 0.0283. The Balaban J connectivity index is 2.24. The van der Waals surface area contributed by atoms with Crippen LogP contribution in [0.25, 0.3) is 0 Å². The number of aromatic nitrogens is 2. The van der Waals surface area contributed by atoms with E-state index in [1.165, 1.54) is 24.2 Å². The number of amides is 1. The van der Waals surface area contributed by atoms with Gasteiger partial charge in [0.25, 0.3) is 0 Å². The highest BCUT2D eigenvalue weighted by molar-refractivity contribution is 7.15. The van der Waals surface area contributed by atoms with Gasteiger partial charge in [-0.1, -0.05) is 37.5 Å². The zero-order valence-electron chi connectivity index (χ0n) is 11.1. The van der Waals surface area contributed by atoms with Crippen LogP contribution in [0.3, 0.4) is 0 Å². The number of nitrogens with one attached hydrogen (secondary N) is 1. The summed E-state index contributed by atoms with van der Waals surface area (Å²) in [6.07, 6.45) is 5.72. The normalized spacial score (nSPS) is 10.6. The van der Waals surface area contributed by atoms with E-state index in [1.807, 2.05) is 0 Å². The molecule has 0 aromatic carbocycles. The van der Waals surface area contributed by atoms with Crippen molar-refractivity contribution in [3.63, 3.8) is 0 Å². The Labute approximate surface area is 112 Å². The van der Waals surface area contributed by atoms with Crippen LogP contribution in [0.4, 0.5) is 5.13 Å². The van der Waals surface area contributed by atoms with Crippen LogP contribution in [0.1, 0.15) is 44.0 Å². The highest BCUT2D eigenvalue weighted by atomic mass is 32.1. The Morgan fingerprint density at radius 2 is 2.17 bits per heavy atom. The zero-order chi connectivity index (χ0) is 13.2. The van der Waals surface area contributed by atoms with Gasteiger partial charge in [-0.05, 0) is 6.42 Å². The second-order valence-electron chi connectivity index (χ2n) is 4.10. The van der Waals surface area contributed by atoms with Crippen LogP contribution in [0, 0.1) is 0 Å². The fourth-order valence-electron chi connectivity index (χ4n) is 1.49. The van der Waals surface area contributed by atoms with Crippen molar-refractivity contribution in [2.75, 3.05) is 19.0 Å². The number of hydrogen-bond acceptors (Lipinski definition) is 5. The number of anilines is 1. The lowest BCUT2D eigenvalue weighted by atomic mass is 10.1. The van der Waals surface area contributed by atoms with Crippen LogP contribution < -0.4 is 5.32 Å². The first-order valence-corrected chi connectivity index (χ1v) is 7.19. The quantitative estimate of drug-likeness (QED) is 0.701. The molecule has 1 aromatic heterocycles. The smallest absolute Gasteiger partial charge is 0.226 e. The molecule has 0 fully saturated rings. The van der Waals surface area contributed by atoms with Crippen LogP contribution in [-0.2, 0) is 16.0 Å². The Bertz CT molecular complexity index is 355. The molecule has 1 amide bonds. The molecule has 0 aliphatic rings. The fraction of sp³-hybridized carbons (Fsp3) is 0.750. The predicted molar refractivity (Wildman–Crippen MR) is 72.9 cm³/mol. The lowest BCUT2D eigenvalue weighted by Crippen LogP contribution is -2.10. The van der Waals surface area contributed by atoms with Crippen molar-refractivity contribution in [2.45, 2.75) is 45.4 Å². The topological polar surface area (TPSA) is 64.1 Å². The Morgan fingerprint density at radius 1 is 1.33 bits per heavy atom. The van der Waals surface area contributed by atoms with Gasteiger partial charge in [0.05, 0.1) is 6.61 Å². The van der Waals surface area contributed by atoms with Gasteiger partial charge >= 0.3 is 0 Å². The van der Waals surface area contributed by atoms with E-state index in [1.54, 1.807) is 7.11 Å². The summed E-state index contributed by atoms with van der Waals surface area (Å²) in [6, 6.07) is 0. The molecule has 0 radical (unpaired) electrons. The van der Waals surface area contributed by atoms with Crippen LogP contribution >= 0.6 is 11.3 Å². The second-order valence-corrected chi connectivity index (χ2v) is 5.16. The van der Waals surface area contributed by atoms with Gasteiger partial charge in [-0.2, -0.15) is 0 Å². The minimum atomic E-state index is 0.0283. The first-order valence-electron chi connectivity index (χ1n) is 6.37. The highest BCUT2D eigenvalue weighted by Crippen LogP contribution is 2.16. The van der Waals surface area contributed by atoms with Crippen molar-refractivity contribution in [3.05, 3.63) is 5.01 Å². The van der Waals surface area contributed by atoms with E-state index in [2.05, 4.69) is 22.4 Å². The van der Waals surface area contributed by atoms with E-state index >= 15 is 0 Å². The van der Waals surface area contributed by atoms with Gasteiger partial charge in [-0.3, -0.25) is 4.79 Å². The molecule has 0 unspecified atom stereocenters. The number of nitrogens with zero attached hydrogens (tertiary/aromatic N) is 2. The number of unbranched alkanes of at least 4 members (excludes halogenated alkanes) is 3. The molecule has 0 aliphatic heterocycles. The standard InChI is InChI=1S/C12H21N3O2S/c1-3-4-5-6-7-10(16)13-12-15-14-11(18-12)8-9-17-2/h3-9H2,1-2H3,(H,13,15,16). The van der Waals surface area contributed by atoms with E-state index in [0.717, 1.165) is 24.3 Å². The first-order chi connectivity index (χ1) is 8.76. The highest BCUT2D eigenvalue weighted by Gasteiger charge is 2.07. The van der Waals surface area contributed by atoms with Gasteiger partial charge in [0.1, 0.15) is 5.01 Å². The van der Waals surface area contributed by atoms with Crippen molar-refractivity contribution < 1.29 is 9.53 Å². The van der Waals surface area contributed by atoms with E-state index in [4.69, 9.17) is 4.74 Å². The summed E-state index contributed by atoms with van der Waals surface area (Å²) >= 11 is 1.41. The number of carbonyl (C=O) groups is 1. The minimum absolute atomic E-state index is 0.0283. The fourth-order valence-corrected chi connectivity index (χ4v) is 2.23. The second kappa shape index (κ2) is 8.99. The van der Waals surface area contributed by atoms with E-state index < -0.39 is 0 Å². The van der Waals surface area contributed by atoms with Crippen LogP contribution in [0.2, 0.25) is 0 Å². The van der Waals surface area contributed by atoms with Crippen molar-refractivity contribution in [3.8, 4) is 0 Å². The monoisotopic (exact) mass is 271 g/mol. The van der Waals surface area contributed by atoms with Crippen LogP contribution in [-0.4, -0.2) is 29.8 Å². The lowest BCUT2D eigenvalue weighted by molar-refractivity contribution is -0.116. The van der Waals surface area contributed by atoms with Gasteiger partial charge in [-0.15, -0.1) is 10.2 Å². The van der Waals surface area contributed by atoms with Gasteiger partial charge in [-0.25, -0.2) is 0 Å². The van der Waals surface area contributed by atoms with Gasteiger partial charge < -0.3 is 10.1 Å². The molecule has 0 bridgehead atoms. The van der Waals surface area contributed by atoms with Crippen molar-refractivity contribution in [1.29, 1.82) is 0 Å². The molecule has 5 nitrogen and oxygen atoms in total. The maximum atomic E-state index is 11.6. The molecular formula is C12H21N3O2S. The van der Waals surface area contributed by atoms with Gasteiger partial charge in [0.2, 0.25) is 11.0 Å².